The van der Waals surface area contributed by atoms with E-state index in [0.29, 0.717) is 12.3 Å². The number of hydrogen-bond acceptors (Lipinski definition) is 2. The lowest BCUT2D eigenvalue weighted by Gasteiger charge is -2.16. The van der Waals surface area contributed by atoms with E-state index in [0.717, 1.165) is 24.1 Å². The predicted molar refractivity (Wildman–Crippen MR) is 83.9 cm³/mol. The third-order valence-corrected chi connectivity index (χ3v) is 3.27. The summed E-state index contributed by atoms with van der Waals surface area (Å²) in [7, 11) is 0. The van der Waals surface area contributed by atoms with Crippen LogP contribution in [0.4, 0.5) is 4.39 Å². The molecule has 1 unspecified atom stereocenters. The van der Waals surface area contributed by atoms with Crippen molar-refractivity contribution in [1.82, 2.24) is 5.32 Å². The Morgan fingerprint density at radius 2 is 1.90 bits per heavy atom. The first-order chi connectivity index (χ1) is 10.2. The van der Waals surface area contributed by atoms with E-state index in [2.05, 4.69) is 12.2 Å². The Morgan fingerprint density at radius 3 is 2.62 bits per heavy atom. The molecule has 2 nitrogen and oxygen atoms in total. The van der Waals surface area contributed by atoms with Gasteiger partial charge in [0.1, 0.15) is 17.7 Å². The number of rotatable bonds is 7. The molecule has 0 aliphatic carbocycles. The number of benzene rings is 2. The van der Waals surface area contributed by atoms with E-state index in [1.807, 2.05) is 43.3 Å². The molecule has 2 rings (SSSR count). The van der Waals surface area contributed by atoms with Crippen LogP contribution in [0.2, 0.25) is 0 Å². The first-order valence-electron chi connectivity index (χ1n) is 7.41. The van der Waals surface area contributed by atoms with Crippen molar-refractivity contribution in [2.75, 3.05) is 6.54 Å². The van der Waals surface area contributed by atoms with Crippen molar-refractivity contribution in [3.05, 3.63) is 65.5 Å². The van der Waals surface area contributed by atoms with Gasteiger partial charge in [0.2, 0.25) is 0 Å². The Balaban J connectivity index is 2.05. The molecule has 0 bridgehead atoms. The van der Waals surface area contributed by atoms with Crippen LogP contribution in [-0.4, -0.2) is 6.54 Å². The number of hydrogen-bond donors (Lipinski definition) is 1. The Kier molecular flexibility index (Phi) is 5.76. The molecule has 112 valence electrons. The molecule has 2 aromatic rings. The summed E-state index contributed by atoms with van der Waals surface area (Å²) >= 11 is 0. The lowest BCUT2D eigenvalue weighted by molar-refractivity contribution is 0.225. The maximum absolute atomic E-state index is 13.7. The van der Waals surface area contributed by atoms with Crippen molar-refractivity contribution in [1.29, 1.82) is 0 Å². The van der Waals surface area contributed by atoms with E-state index in [9.17, 15) is 4.39 Å². The number of nitrogens with one attached hydrogen (secondary N) is 1. The minimum atomic E-state index is -0.263. The van der Waals surface area contributed by atoms with Crippen molar-refractivity contribution >= 4 is 0 Å². The monoisotopic (exact) mass is 287 g/mol. The highest BCUT2D eigenvalue weighted by Gasteiger charge is 2.08. The molecule has 0 heterocycles. The fourth-order valence-corrected chi connectivity index (χ4v) is 2.20. The van der Waals surface area contributed by atoms with Gasteiger partial charge in [-0.25, -0.2) is 4.39 Å². The number of halogens is 1. The lowest BCUT2D eigenvalue weighted by Crippen LogP contribution is -2.14. The van der Waals surface area contributed by atoms with E-state index in [1.165, 1.54) is 6.07 Å². The quantitative estimate of drug-likeness (QED) is 0.759. The molecule has 1 N–H and O–H groups in total. The number of ether oxygens (including phenoxy) is 1. The van der Waals surface area contributed by atoms with Gasteiger partial charge in [0.15, 0.2) is 0 Å². The third-order valence-electron chi connectivity index (χ3n) is 3.27. The highest BCUT2D eigenvalue weighted by Crippen LogP contribution is 2.23. The molecule has 0 aliphatic heterocycles. The standard InChI is InChI=1S/C18H22FNO/c1-3-9-20-13-15-10-17(19)12-18(11-15)21-14(2)16-7-5-4-6-8-16/h4-8,10-12,14,20H,3,9,13H2,1-2H3. The maximum Gasteiger partial charge on any atom is 0.127 e. The summed E-state index contributed by atoms with van der Waals surface area (Å²) in [5, 5.41) is 3.27. The minimum absolute atomic E-state index is 0.107. The fourth-order valence-electron chi connectivity index (χ4n) is 2.20. The molecule has 21 heavy (non-hydrogen) atoms. The Labute approximate surface area is 126 Å². The normalized spacial score (nSPS) is 12.1. The summed E-state index contributed by atoms with van der Waals surface area (Å²) in [6, 6.07) is 14.8. The van der Waals surface area contributed by atoms with Gasteiger partial charge in [-0.1, -0.05) is 37.3 Å². The molecular formula is C18H22FNO. The summed E-state index contributed by atoms with van der Waals surface area (Å²) in [5.41, 5.74) is 1.98. The Bertz CT molecular complexity index is 556. The first kappa shape index (κ1) is 15.5. The average Bonchev–Trinajstić information content (AvgIpc) is 2.48. The Morgan fingerprint density at radius 1 is 1.14 bits per heavy atom. The summed E-state index contributed by atoms with van der Waals surface area (Å²) in [4.78, 5) is 0. The summed E-state index contributed by atoms with van der Waals surface area (Å²) < 4.78 is 19.5. The van der Waals surface area contributed by atoms with E-state index >= 15 is 0 Å². The molecule has 1 atom stereocenters. The molecule has 0 saturated heterocycles. The van der Waals surface area contributed by atoms with Gasteiger partial charge in [0.25, 0.3) is 0 Å². The lowest BCUT2D eigenvalue weighted by atomic mass is 10.1. The minimum Gasteiger partial charge on any atom is -0.486 e. The van der Waals surface area contributed by atoms with Crippen molar-refractivity contribution < 1.29 is 9.13 Å². The second-order valence-electron chi connectivity index (χ2n) is 5.14. The molecule has 0 saturated carbocycles. The van der Waals surface area contributed by atoms with Gasteiger partial charge in [-0.15, -0.1) is 0 Å². The van der Waals surface area contributed by atoms with Gasteiger partial charge in [0, 0.05) is 12.6 Å². The highest BCUT2D eigenvalue weighted by molar-refractivity contribution is 5.30. The molecule has 0 radical (unpaired) electrons. The highest BCUT2D eigenvalue weighted by atomic mass is 19.1. The van der Waals surface area contributed by atoms with Gasteiger partial charge < -0.3 is 10.1 Å². The first-order valence-corrected chi connectivity index (χ1v) is 7.41. The van der Waals surface area contributed by atoms with Gasteiger partial charge in [-0.2, -0.15) is 0 Å². The second kappa shape index (κ2) is 7.79. The van der Waals surface area contributed by atoms with Crippen LogP contribution in [0, 0.1) is 5.82 Å². The van der Waals surface area contributed by atoms with Crippen LogP contribution >= 0.6 is 0 Å². The molecule has 0 aromatic heterocycles. The van der Waals surface area contributed by atoms with Crippen LogP contribution < -0.4 is 10.1 Å². The van der Waals surface area contributed by atoms with Crippen LogP contribution in [0.5, 0.6) is 5.75 Å². The molecule has 0 aliphatic rings. The SMILES string of the molecule is CCCNCc1cc(F)cc(OC(C)c2ccccc2)c1. The van der Waals surface area contributed by atoms with Gasteiger partial charge in [-0.05, 0) is 43.1 Å². The van der Waals surface area contributed by atoms with Crippen LogP contribution in [0.1, 0.15) is 37.5 Å². The third kappa shape index (κ3) is 4.87. The summed E-state index contributed by atoms with van der Waals surface area (Å²) in [6.45, 7) is 5.65. The zero-order chi connectivity index (χ0) is 15.1. The largest absolute Gasteiger partial charge is 0.486 e. The van der Waals surface area contributed by atoms with Crippen molar-refractivity contribution in [2.45, 2.75) is 32.9 Å². The van der Waals surface area contributed by atoms with Gasteiger partial charge in [0.05, 0.1) is 0 Å². The fraction of sp³-hybridized carbons (Fsp3) is 0.333. The summed E-state index contributed by atoms with van der Waals surface area (Å²) in [6.07, 6.45) is 0.952. The van der Waals surface area contributed by atoms with Crippen LogP contribution in [0.15, 0.2) is 48.5 Å². The van der Waals surface area contributed by atoms with Crippen molar-refractivity contribution in [3.63, 3.8) is 0 Å². The second-order valence-corrected chi connectivity index (χ2v) is 5.14. The summed E-state index contributed by atoms with van der Waals surface area (Å²) in [5.74, 6) is 0.306. The molecular weight excluding hydrogens is 265 g/mol. The van der Waals surface area contributed by atoms with E-state index in [1.54, 1.807) is 6.07 Å². The van der Waals surface area contributed by atoms with Crippen LogP contribution in [0.25, 0.3) is 0 Å². The molecule has 0 fully saturated rings. The molecule has 2 aromatic carbocycles. The zero-order valence-corrected chi connectivity index (χ0v) is 12.6. The van der Waals surface area contributed by atoms with Crippen LogP contribution in [0.3, 0.4) is 0 Å². The Hall–Kier alpha value is -1.87. The van der Waals surface area contributed by atoms with Gasteiger partial charge >= 0.3 is 0 Å². The molecule has 3 heteroatoms. The maximum atomic E-state index is 13.7. The zero-order valence-electron chi connectivity index (χ0n) is 12.6. The molecule has 0 spiro atoms. The van der Waals surface area contributed by atoms with Crippen LogP contribution in [-0.2, 0) is 6.54 Å². The average molecular weight is 287 g/mol. The molecule has 0 amide bonds. The van der Waals surface area contributed by atoms with Gasteiger partial charge in [-0.3, -0.25) is 0 Å². The van der Waals surface area contributed by atoms with E-state index < -0.39 is 0 Å². The topological polar surface area (TPSA) is 21.3 Å². The smallest absolute Gasteiger partial charge is 0.127 e. The van der Waals surface area contributed by atoms with E-state index in [4.69, 9.17) is 4.74 Å². The predicted octanol–water partition coefficient (Wildman–Crippen LogP) is 4.47. The van der Waals surface area contributed by atoms with Crippen molar-refractivity contribution in [2.24, 2.45) is 0 Å². The van der Waals surface area contributed by atoms with E-state index in [-0.39, 0.29) is 11.9 Å². The van der Waals surface area contributed by atoms with Crippen molar-refractivity contribution in [3.8, 4) is 5.75 Å².